The number of hydrogen-bond acceptors (Lipinski definition) is 4. The Kier molecular flexibility index (Phi) is 8.57. The maximum absolute atomic E-state index is 14.7. The number of pyridine rings is 1. The minimum Gasteiger partial charge on any atom is -0.496 e. The second-order valence-electron chi connectivity index (χ2n) is 10.4. The van der Waals surface area contributed by atoms with E-state index in [0.717, 1.165) is 29.2 Å². The van der Waals surface area contributed by atoms with Crippen molar-refractivity contribution in [3.05, 3.63) is 81.9 Å². The van der Waals surface area contributed by atoms with E-state index in [4.69, 9.17) is 9.47 Å². The van der Waals surface area contributed by atoms with Crippen LogP contribution in [0.1, 0.15) is 66.4 Å². The van der Waals surface area contributed by atoms with Gasteiger partial charge >= 0.3 is 24.6 Å². The third kappa shape index (κ3) is 6.55. The van der Waals surface area contributed by atoms with E-state index in [-0.39, 0.29) is 33.9 Å². The molecule has 238 valence electrons. The molecule has 44 heavy (non-hydrogen) atoms. The van der Waals surface area contributed by atoms with Gasteiger partial charge in [-0.15, -0.1) is 0 Å². The van der Waals surface area contributed by atoms with Gasteiger partial charge in [0.1, 0.15) is 29.1 Å². The Morgan fingerprint density at radius 3 is 1.98 bits per heavy atom. The number of nitrogens with zero attached hydrogens (tertiary/aromatic N) is 2. The maximum Gasteiger partial charge on any atom is 0.433 e. The third-order valence-electron chi connectivity index (χ3n) is 7.15. The first-order valence-electron chi connectivity index (χ1n) is 12.9. The Morgan fingerprint density at radius 1 is 0.886 bits per heavy atom. The Balaban J connectivity index is 1.81. The van der Waals surface area contributed by atoms with Crippen LogP contribution in [-0.2, 0) is 29.8 Å². The molecule has 1 aromatic heterocycles. The second-order valence-corrected chi connectivity index (χ2v) is 10.4. The van der Waals surface area contributed by atoms with Gasteiger partial charge in [-0.05, 0) is 65.4 Å². The summed E-state index contributed by atoms with van der Waals surface area (Å²) in [5.41, 5.74) is -5.09. The Bertz CT molecular complexity index is 1530. The van der Waals surface area contributed by atoms with E-state index < -0.39 is 71.6 Å². The van der Waals surface area contributed by atoms with Crippen LogP contribution in [0.3, 0.4) is 0 Å². The van der Waals surface area contributed by atoms with E-state index in [9.17, 15) is 48.7 Å². The molecule has 3 aromatic rings. The molecular weight excluding hydrogens is 614 g/mol. The largest absolute Gasteiger partial charge is 0.496 e. The van der Waals surface area contributed by atoms with Crippen molar-refractivity contribution in [2.45, 2.75) is 63.9 Å². The molecule has 2 atom stereocenters. The van der Waals surface area contributed by atoms with Crippen molar-refractivity contribution in [1.29, 1.82) is 0 Å². The molecular formula is C29H24F10N2O3. The third-order valence-corrected chi connectivity index (χ3v) is 7.15. The van der Waals surface area contributed by atoms with Crippen LogP contribution in [0.25, 0.3) is 11.1 Å². The van der Waals surface area contributed by atoms with E-state index in [1.165, 1.54) is 20.1 Å². The topological polar surface area (TPSA) is 51.7 Å². The molecule has 0 aliphatic carbocycles. The van der Waals surface area contributed by atoms with Crippen LogP contribution in [0.2, 0.25) is 0 Å². The normalized spacial score (nSPS) is 17.8. The highest BCUT2D eigenvalue weighted by molar-refractivity contribution is 5.76. The average molecular weight is 639 g/mol. The van der Waals surface area contributed by atoms with Crippen molar-refractivity contribution in [3.63, 3.8) is 0 Å². The van der Waals surface area contributed by atoms with Crippen molar-refractivity contribution >= 4 is 6.09 Å². The van der Waals surface area contributed by atoms with Crippen molar-refractivity contribution in [3.8, 4) is 16.9 Å². The summed E-state index contributed by atoms with van der Waals surface area (Å²) in [6.07, 6.45) is -18.2. The summed E-state index contributed by atoms with van der Waals surface area (Å²) in [6, 6.07) is 4.49. The van der Waals surface area contributed by atoms with Gasteiger partial charge in [-0.2, -0.15) is 39.5 Å². The molecule has 1 aliphatic rings. The summed E-state index contributed by atoms with van der Waals surface area (Å²) < 4.78 is 147. The molecule has 15 heteroatoms. The van der Waals surface area contributed by atoms with Gasteiger partial charge in [0.25, 0.3) is 0 Å². The van der Waals surface area contributed by atoms with Gasteiger partial charge in [-0.3, -0.25) is 4.90 Å². The molecule has 4 rings (SSSR count). The Labute approximate surface area is 244 Å². The van der Waals surface area contributed by atoms with Crippen LogP contribution < -0.4 is 4.74 Å². The first-order chi connectivity index (χ1) is 20.2. The minimum absolute atomic E-state index is 0.0287. The zero-order chi connectivity index (χ0) is 32.9. The van der Waals surface area contributed by atoms with Gasteiger partial charge in [-0.1, -0.05) is 19.9 Å². The lowest BCUT2D eigenvalue weighted by Gasteiger charge is -2.24. The standard InChI is InChI=1S/C29H24F10N2O3/c1-13(2)19-10-20(22(43-4)11-21(19)30)18-6-5-17(27(31,32)33)7-16(18)12-41-14(3)25(44-26(41)42)15-8-23(28(34,35)36)40-24(9-15)29(37,38)39/h5-11,13-14,25H,12H2,1-4H3/t14-,25-/m0/s1. The average Bonchev–Trinajstić information content (AvgIpc) is 3.19. The zero-order valence-electron chi connectivity index (χ0n) is 23.4. The Hall–Kier alpha value is -4.04. The van der Waals surface area contributed by atoms with Crippen LogP contribution in [0.4, 0.5) is 48.7 Å². The van der Waals surface area contributed by atoms with Crippen LogP contribution in [0.5, 0.6) is 5.75 Å². The van der Waals surface area contributed by atoms with Gasteiger partial charge < -0.3 is 9.47 Å². The summed E-state index contributed by atoms with van der Waals surface area (Å²) in [7, 11) is 1.22. The molecule has 0 bridgehead atoms. The van der Waals surface area contributed by atoms with Gasteiger partial charge in [0, 0.05) is 11.6 Å². The highest BCUT2D eigenvalue weighted by atomic mass is 19.4. The number of aromatic nitrogens is 1. The summed E-state index contributed by atoms with van der Waals surface area (Å²) in [5.74, 6) is -0.989. The van der Waals surface area contributed by atoms with Crippen molar-refractivity contribution in [2.75, 3.05) is 7.11 Å². The van der Waals surface area contributed by atoms with Gasteiger partial charge in [0.2, 0.25) is 0 Å². The van der Waals surface area contributed by atoms with Crippen LogP contribution in [0, 0.1) is 5.82 Å². The minimum atomic E-state index is -5.27. The van der Waals surface area contributed by atoms with E-state index in [1.807, 2.05) is 0 Å². The molecule has 2 aromatic carbocycles. The zero-order valence-corrected chi connectivity index (χ0v) is 23.4. The number of halogens is 10. The summed E-state index contributed by atoms with van der Waals surface area (Å²) >= 11 is 0. The van der Waals surface area contributed by atoms with E-state index >= 15 is 0 Å². The molecule has 0 unspecified atom stereocenters. The second kappa shape index (κ2) is 11.5. The van der Waals surface area contributed by atoms with Gasteiger partial charge in [0.05, 0.1) is 25.3 Å². The van der Waals surface area contributed by atoms with E-state index in [2.05, 4.69) is 4.98 Å². The number of carbonyl (C=O) groups is 1. The van der Waals surface area contributed by atoms with E-state index in [1.54, 1.807) is 13.8 Å². The smallest absolute Gasteiger partial charge is 0.433 e. The number of ether oxygens (including phenoxy) is 2. The monoisotopic (exact) mass is 638 g/mol. The molecule has 5 nitrogen and oxygen atoms in total. The van der Waals surface area contributed by atoms with Crippen LogP contribution >= 0.6 is 0 Å². The van der Waals surface area contributed by atoms with Crippen molar-refractivity contribution < 1.29 is 58.2 Å². The van der Waals surface area contributed by atoms with Gasteiger partial charge in [-0.25, -0.2) is 14.2 Å². The fourth-order valence-electron chi connectivity index (χ4n) is 4.91. The lowest BCUT2D eigenvalue weighted by Crippen LogP contribution is -2.32. The predicted octanol–water partition coefficient (Wildman–Crippen LogP) is 9.16. The summed E-state index contributed by atoms with van der Waals surface area (Å²) in [6.45, 7) is 4.05. The summed E-state index contributed by atoms with van der Waals surface area (Å²) in [5, 5.41) is 0. The van der Waals surface area contributed by atoms with Crippen LogP contribution in [0.15, 0.2) is 42.5 Å². The lowest BCUT2D eigenvalue weighted by molar-refractivity contribution is -0.150. The molecule has 1 saturated heterocycles. The molecule has 2 heterocycles. The molecule has 0 saturated carbocycles. The molecule has 1 fully saturated rings. The van der Waals surface area contributed by atoms with E-state index in [0.29, 0.717) is 12.1 Å². The molecule has 0 radical (unpaired) electrons. The summed E-state index contributed by atoms with van der Waals surface area (Å²) in [4.78, 5) is 16.5. The van der Waals surface area contributed by atoms with Crippen molar-refractivity contribution in [1.82, 2.24) is 9.88 Å². The highest BCUT2D eigenvalue weighted by Crippen LogP contribution is 2.43. The fraction of sp³-hybridized carbons (Fsp3) is 0.379. The van der Waals surface area contributed by atoms with Crippen LogP contribution in [-0.4, -0.2) is 29.1 Å². The number of alkyl halides is 9. The molecule has 1 aliphatic heterocycles. The van der Waals surface area contributed by atoms with Crippen molar-refractivity contribution in [2.24, 2.45) is 0 Å². The number of rotatable bonds is 6. The fourth-order valence-corrected chi connectivity index (χ4v) is 4.91. The first kappa shape index (κ1) is 32.9. The quantitative estimate of drug-likeness (QED) is 0.253. The highest BCUT2D eigenvalue weighted by Gasteiger charge is 2.44. The Morgan fingerprint density at radius 2 is 1.48 bits per heavy atom. The number of amides is 1. The first-order valence-corrected chi connectivity index (χ1v) is 12.9. The van der Waals surface area contributed by atoms with Gasteiger partial charge in [0.15, 0.2) is 0 Å². The predicted molar refractivity (Wildman–Crippen MR) is 136 cm³/mol. The number of carbonyl (C=O) groups excluding carboxylic acids is 1. The lowest BCUT2D eigenvalue weighted by atomic mass is 9.92. The number of benzene rings is 2. The molecule has 1 amide bonds. The number of hydrogen-bond donors (Lipinski definition) is 0. The number of methoxy groups -OCH3 is 1. The molecule has 0 N–H and O–H groups in total. The SMILES string of the molecule is COc1cc(F)c(C(C)C)cc1-c1ccc(C(F)(F)F)cc1CN1C(=O)O[C@H](c2cc(C(F)(F)F)nc(C(F)(F)F)c2)[C@@H]1C. The molecule has 0 spiro atoms. The maximum atomic E-state index is 14.7. The number of cyclic esters (lactones) is 1.